The monoisotopic (exact) mass is 296 g/mol. The molecule has 3 heteroatoms. The summed E-state index contributed by atoms with van der Waals surface area (Å²) in [6.07, 6.45) is 13.1. The molecule has 2 N–H and O–H groups in total. The van der Waals surface area contributed by atoms with Crippen LogP contribution in [-0.4, -0.2) is 48.3 Å². The van der Waals surface area contributed by atoms with E-state index < -0.39 is 0 Å². The van der Waals surface area contributed by atoms with Crippen LogP contribution in [0.15, 0.2) is 0 Å². The van der Waals surface area contributed by atoms with Crippen molar-refractivity contribution < 1.29 is 5.11 Å². The van der Waals surface area contributed by atoms with Crippen molar-refractivity contribution in [1.29, 1.82) is 0 Å². The van der Waals surface area contributed by atoms with Crippen LogP contribution in [0.5, 0.6) is 0 Å². The van der Waals surface area contributed by atoms with Gasteiger partial charge in [-0.1, -0.05) is 26.2 Å². The van der Waals surface area contributed by atoms with E-state index in [1.807, 2.05) is 0 Å². The molecule has 0 aliphatic heterocycles. The Morgan fingerprint density at radius 1 is 1.14 bits per heavy atom. The van der Waals surface area contributed by atoms with Gasteiger partial charge in [0.25, 0.3) is 0 Å². The second kappa shape index (κ2) is 8.50. The number of rotatable bonds is 7. The zero-order valence-corrected chi connectivity index (χ0v) is 14.2. The molecule has 2 fully saturated rings. The Kier molecular flexibility index (Phi) is 6.97. The number of nitrogens with one attached hydrogen (secondary N) is 1. The summed E-state index contributed by atoms with van der Waals surface area (Å²) in [5, 5.41) is 13.6. The molecule has 2 rings (SSSR count). The maximum absolute atomic E-state index is 9.91. The molecule has 3 nitrogen and oxygen atoms in total. The van der Waals surface area contributed by atoms with Gasteiger partial charge in [-0.05, 0) is 64.5 Å². The molecule has 0 aromatic carbocycles. The van der Waals surface area contributed by atoms with Crippen LogP contribution in [0.3, 0.4) is 0 Å². The van der Waals surface area contributed by atoms with Gasteiger partial charge in [-0.15, -0.1) is 0 Å². The Morgan fingerprint density at radius 3 is 2.57 bits per heavy atom. The topological polar surface area (TPSA) is 35.5 Å². The van der Waals surface area contributed by atoms with Crippen molar-refractivity contribution in [2.45, 2.75) is 82.7 Å². The van der Waals surface area contributed by atoms with Crippen molar-refractivity contribution in [3.63, 3.8) is 0 Å². The van der Waals surface area contributed by atoms with E-state index in [0.717, 1.165) is 31.7 Å². The zero-order chi connectivity index (χ0) is 15.1. The Labute approximate surface area is 131 Å². The molecule has 21 heavy (non-hydrogen) atoms. The number of aliphatic hydroxyl groups excluding tert-OH is 1. The number of nitrogens with zero attached hydrogens (tertiary/aromatic N) is 1. The van der Waals surface area contributed by atoms with Crippen LogP contribution in [0.1, 0.15) is 71.1 Å². The maximum atomic E-state index is 9.91. The third-order valence-corrected chi connectivity index (χ3v) is 5.77. The van der Waals surface area contributed by atoms with Crippen LogP contribution in [0.2, 0.25) is 0 Å². The van der Waals surface area contributed by atoms with E-state index >= 15 is 0 Å². The molecule has 0 radical (unpaired) electrons. The first-order valence-corrected chi connectivity index (χ1v) is 9.25. The molecule has 124 valence electrons. The second-order valence-electron chi connectivity index (χ2n) is 7.56. The first-order valence-electron chi connectivity index (χ1n) is 9.25. The van der Waals surface area contributed by atoms with Crippen molar-refractivity contribution in [3.8, 4) is 0 Å². The average Bonchev–Trinajstić information content (AvgIpc) is 2.54. The van der Waals surface area contributed by atoms with Crippen molar-refractivity contribution in [2.24, 2.45) is 5.92 Å². The second-order valence-corrected chi connectivity index (χ2v) is 7.56. The van der Waals surface area contributed by atoms with Gasteiger partial charge in [-0.25, -0.2) is 0 Å². The van der Waals surface area contributed by atoms with Crippen molar-refractivity contribution in [2.75, 3.05) is 26.7 Å². The first-order chi connectivity index (χ1) is 10.2. The number of aliphatic hydroxyl groups is 1. The van der Waals surface area contributed by atoms with E-state index in [2.05, 4.69) is 24.2 Å². The van der Waals surface area contributed by atoms with Gasteiger partial charge in [-0.3, -0.25) is 0 Å². The Hall–Kier alpha value is -0.120. The molecule has 0 amide bonds. The molecule has 0 bridgehead atoms. The van der Waals surface area contributed by atoms with E-state index in [1.54, 1.807) is 0 Å². The summed E-state index contributed by atoms with van der Waals surface area (Å²) in [7, 11) is 2.31. The summed E-state index contributed by atoms with van der Waals surface area (Å²) in [6, 6.07) is 0.650. The molecule has 2 saturated carbocycles. The number of hydrogen-bond donors (Lipinski definition) is 2. The summed E-state index contributed by atoms with van der Waals surface area (Å²) in [5.41, 5.74) is -0.0141. The first kappa shape index (κ1) is 17.2. The molecule has 0 saturated heterocycles. The van der Waals surface area contributed by atoms with Crippen molar-refractivity contribution in [1.82, 2.24) is 10.2 Å². The predicted octanol–water partition coefficient (Wildman–Crippen LogP) is 3.17. The van der Waals surface area contributed by atoms with Gasteiger partial charge < -0.3 is 15.3 Å². The van der Waals surface area contributed by atoms with Crippen molar-refractivity contribution >= 4 is 0 Å². The van der Waals surface area contributed by atoms with Crippen LogP contribution >= 0.6 is 0 Å². The highest BCUT2D eigenvalue weighted by Gasteiger charge is 2.37. The highest BCUT2D eigenvalue weighted by molar-refractivity contribution is 4.96. The molecule has 2 aliphatic rings. The van der Waals surface area contributed by atoms with E-state index in [9.17, 15) is 5.11 Å². The van der Waals surface area contributed by atoms with Crippen LogP contribution in [0.4, 0.5) is 0 Å². The third-order valence-electron chi connectivity index (χ3n) is 5.77. The normalized spacial score (nSPS) is 31.7. The molecule has 2 unspecified atom stereocenters. The largest absolute Gasteiger partial charge is 0.394 e. The average molecular weight is 296 g/mol. The Bertz CT molecular complexity index is 291. The maximum Gasteiger partial charge on any atom is 0.0613 e. The fourth-order valence-electron chi connectivity index (χ4n) is 4.38. The molecule has 0 aromatic heterocycles. The van der Waals surface area contributed by atoms with Gasteiger partial charge in [0, 0.05) is 18.1 Å². The Morgan fingerprint density at radius 2 is 1.90 bits per heavy atom. The van der Waals surface area contributed by atoms with E-state index in [4.69, 9.17) is 0 Å². The molecule has 2 atom stereocenters. The van der Waals surface area contributed by atoms with E-state index in [1.165, 1.54) is 51.5 Å². The van der Waals surface area contributed by atoms with Crippen LogP contribution < -0.4 is 5.32 Å². The van der Waals surface area contributed by atoms with Gasteiger partial charge in [0.15, 0.2) is 0 Å². The highest BCUT2D eigenvalue weighted by atomic mass is 16.3. The van der Waals surface area contributed by atoms with Gasteiger partial charge in [0.05, 0.1) is 6.61 Å². The fraction of sp³-hybridized carbons (Fsp3) is 1.00. The standard InChI is InChI=1S/C18H36N2O/c1-3-12-19-18(15-21)11-7-10-17(13-18)20(2)14-16-8-5-4-6-9-16/h16-17,19,21H,3-15H2,1-2H3. The molecular formula is C18H36N2O. The third kappa shape index (κ3) is 4.94. The molecule has 0 aromatic rings. The molecule has 0 spiro atoms. The fourth-order valence-corrected chi connectivity index (χ4v) is 4.38. The van der Waals surface area contributed by atoms with Crippen LogP contribution in [0, 0.1) is 5.92 Å². The smallest absolute Gasteiger partial charge is 0.0613 e. The molecule has 2 aliphatic carbocycles. The van der Waals surface area contributed by atoms with Gasteiger partial charge >= 0.3 is 0 Å². The lowest BCUT2D eigenvalue weighted by Gasteiger charge is -2.44. The minimum absolute atomic E-state index is 0.0141. The molecular weight excluding hydrogens is 260 g/mol. The SMILES string of the molecule is CCCNC1(CO)CCCC(N(C)CC2CCCCC2)C1. The summed E-state index contributed by atoms with van der Waals surface area (Å²) in [5.74, 6) is 0.915. The number of hydrogen-bond acceptors (Lipinski definition) is 3. The van der Waals surface area contributed by atoms with Crippen molar-refractivity contribution in [3.05, 3.63) is 0 Å². The Balaban J connectivity index is 1.86. The summed E-state index contributed by atoms with van der Waals surface area (Å²) in [6.45, 7) is 4.79. The summed E-state index contributed by atoms with van der Waals surface area (Å²) in [4.78, 5) is 2.60. The summed E-state index contributed by atoms with van der Waals surface area (Å²) >= 11 is 0. The predicted molar refractivity (Wildman–Crippen MR) is 89.6 cm³/mol. The van der Waals surface area contributed by atoms with Gasteiger partial charge in [0.2, 0.25) is 0 Å². The van der Waals surface area contributed by atoms with E-state index in [-0.39, 0.29) is 5.54 Å². The lowest BCUT2D eigenvalue weighted by Crippen LogP contribution is -2.56. The highest BCUT2D eigenvalue weighted by Crippen LogP contribution is 2.32. The lowest BCUT2D eigenvalue weighted by molar-refractivity contribution is 0.0610. The molecule has 0 heterocycles. The minimum Gasteiger partial charge on any atom is -0.394 e. The lowest BCUT2D eigenvalue weighted by atomic mass is 9.78. The van der Waals surface area contributed by atoms with Gasteiger partial charge in [-0.2, -0.15) is 0 Å². The van der Waals surface area contributed by atoms with Gasteiger partial charge in [0.1, 0.15) is 0 Å². The zero-order valence-electron chi connectivity index (χ0n) is 14.2. The quantitative estimate of drug-likeness (QED) is 0.757. The van der Waals surface area contributed by atoms with Crippen LogP contribution in [-0.2, 0) is 0 Å². The minimum atomic E-state index is -0.0141. The van der Waals surface area contributed by atoms with Crippen LogP contribution in [0.25, 0.3) is 0 Å². The summed E-state index contributed by atoms with van der Waals surface area (Å²) < 4.78 is 0. The van der Waals surface area contributed by atoms with E-state index in [0.29, 0.717) is 12.6 Å².